The molecule has 2 aromatic carbocycles. The summed E-state index contributed by atoms with van der Waals surface area (Å²) in [5.41, 5.74) is 1.87. The fourth-order valence-electron chi connectivity index (χ4n) is 2.58. The molecule has 0 aliphatic heterocycles. The number of hydrogen-bond donors (Lipinski definition) is 1. The lowest BCUT2D eigenvalue weighted by Crippen LogP contribution is -2.34. The zero-order valence-corrected chi connectivity index (χ0v) is 13.1. The molecule has 4 heteroatoms. The minimum absolute atomic E-state index is 0.214. The van der Waals surface area contributed by atoms with E-state index in [0.29, 0.717) is 17.6 Å². The Morgan fingerprint density at radius 2 is 1.80 bits per heavy atom. The smallest absolute Gasteiger partial charge is 0.147 e. The van der Waals surface area contributed by atoms with Crippen LogP contribution in [0.5, 0.6) is 0 Å². The van der Waals surface area contributed by atoms with Crippen molar-refractivity contribution in [1.82, 2.24) is 0 Å². The molecule has 104 valence electrons. The van der Waals surface area contributed by atoms with E-state index in [1.165, 1.54) is 11.6 Å². The van der Waals surface area contributed by atoms with Crippen LogP contribution in [-0.2, 0) is 0 Å². The molecular formula is C16H14BrClFN. The van der Waals surface area contributed by atoms with Crippen LogP contribution in [0.25, 0.3) is 0 Å². The van der Waals surface area contributed by atoms with Crippen molar-refractivity contribution in [3.8, 4) is 0 Å². The standard InChI is InChI=1S/C16H14BrClFN/c17-14-2-1-3-15(19)16(14)20-13-8-11(9-13)10-4-6-12(18)7-5-10/h1-7,11,13,20H,8-9H2. The predicted molar refractivity (Wildman–Crippen MR) is 84.9 cm³/mol. The van der Waals surface area contributed by atoms with Crippen LogP contribution in [0.4, 0.5) is 10.1 Å². The van der Waals surface area contributed by atoms with Crippen molar-refractivity contribution in [2.45, 2.75) is 24.8 Å². The molecule has 0 saturated heterocycles. The highest BCUT2D eigenvalue weighted by molar-refractivity contribution is 9.10. The van der Waals surface area contributed by atoms with Gasteiger partial charge in [-0.15, -0.1) is 0 Å². The van der Waals surface area contributed by atoms with E-state index in [9.17, 15) is 4.39 Å². The first-order chi connectivity index (χ1) is 9.63. The Labute approximate surface area is 131 Å². The molecule has 0 radical (unpaired) electrons. The summed E-state index contributed by atoms with van der Waals surface area (Å²) < 4.78 is 14.5. The summed E-state index contributed by atoms with van der Waals surface area (Å²) in [6, 6.07) is 13.3. The quantitative estimate of drug-likeness (QED) is 0.756. The number of nitrogens with one attached hydrogen (secondary N) is 1. The average Bonchev–Trinajstić information content (AvgIpc) is 2.38. The van der Waals surface area contributed by atoms with Gasteiger partial charge < -0.3 is 5.32 Å². The fraction of sp³-hybridized carbons (Fsp3) is 0.250. The molecule has 1 aliphatic rings. The summed E-state index contributed by atoms with van der Waals surface area (Å²) in [7, 11) is 0. The van der Waals surface area contributed by atoms with Crippen molar-refractivity contribution in [2.75, 3.05) is 5.32 Å². The third kappa shape index (κ3) is 2.84. The van der Waals surface area contributed by atoms with Gasteiger partial charge in [-0.1, -0.05) is 29.8 Å². The van der Waals surface area contributed by atoms with Gasteiger partial charge in [-0.05, 0) is 64.5 Å². The van der Waals surface area contributed by atoms with Crippen LogP contribution < -0.4 is 5.32 Å². The lowest BCUT2D eigenvalue weighted by molar-refractivity contribution is 0.373. The Bertz CT molecular complexity index is 588. The highest BCUT2D eigenvalue weighted by Crippen LogP contribution is 2.40. The summed E-state index contributed by atoms with van der Waals surface area (Å²) in [6.45, 7) is 0. The van der Waals surface area contributed by atoms with Crippen LogP contribution in [-0.4, -0.2) is 6.04 Å². The predicted octanol–water partition coefficient (Wildman–Crippen LogP) is 5.60. The molecule has 0 bridgehead atoms. The van der Waals surface area contributed by atoms with Crippen molar-refractivity contribution in [1.29, 1.82) is 0 Å². The zero-order chi connectivity index (χ0) is 14.1. The Balaban J connectivity index is 1.62. The summed E-state index contributed by atoms with van der Waals surface area (Å²) in [5, 5.41) is 4.04. The van der Waals surface area contributed by atoms with Crippen molar-refractivity contribution >= 4 is 33.2 Å². The van der Waals surface area contributed by atoms with E-state index in [2.05, 4.69) is 33.4 Å². The molecule has 1 saturated carbocycles. The van der Waals surface area contributed by atoms with Gasteiger partial charge in [0, 0.05) is 15.5 Å². The van der Waals surface area contributed by atoms with Gasteiger partial charge in [0.25, 0.3) is 0 Å². The Morgan fingerprint density at radius 3 is 2.45 bits per heavy atom. The van der Waals surface area contributed by atoms with E-state index in [0.717, 1.165) is 22.3 Å². The molecule has 1 aliphatic carbocycles. The van der Waals surface area contributed by atoms with Crippen molar-refractivity contribution < 1.29 is 4.39 Å². The van der Waals surface area contributed by atoms with Crippen molar-refractivity contribution in [3.63, 3.8) is 0 Å². The second-order valence-electron chi connectivity index (χ2n) is 5.16. The Hall–Kier alpha value is -1.06. The Kier molecular flexibility index (Phi) is 3.99. The third-order valence-electron chi connectivity index (χ3n) is 3.79. The van der Waals surface area contributed by atoms with Crippen molar-refractivity contribution in [2.24, 2.45) is 0 Å². The van der Waals surface area contributed by atoms with Gasteiger partial charge in [-0.25, -0.2) is 4.39 Å². The fourth-order valence-corrected chi connectivity index (χ4v) is 3.17. The Morgan fingerprint density at radius 1 is 1.10 bits per heavy atom. The van der Waals surface area contributed by atoms with E-state index in [1.807, 2.05) is 18.2 Å². The van der Waals surface area contributed by atoms with Crippen LogP contribution in [0.2, 0.25) is 5.02 Å². The first-order valence-corrected chi connectivity index (χ1v) is 7.76. The number of rotatable bonds is 3. The maximum absolute atomic E-state index is 13.7. The largest absolute Gasteiger partial charge is 0.379 e. The van der Waals surface area contributed by atoms with Crippen LogP contribution >= 0.6 is 27.5 Å². The molecule has 0 aromatic heterocycles. The maximum Gasteiger partial charge on any atom is 0.147 e. The molecule has 0 heterocycles. The molecule has 0 atom stereocenters. The summed E-state index contributed by atoms with van der Waals surface area (Å²) in [4.78, 5) is 0. The molecule has 1 nitrogen and oxygen atoms in total. The van der Waals surface area contributed by atoms with Crippen LogP contribution in [0.3, 0.4) is 0 Å². The number of benzene rings is 2. The van der Waals surface area contributed by atoms with E-state index < -0.39 is 0 Å². The number of anilines is 1. The summed E-state index contributed by atoms with van der Waals surface area (Å²) in [5.74, 6) is 0.324. The van der Waals surface area contributed by atoms with Crippen LogP contribution in [0.1, 0.15) is 24.3 Å². The molecule has 0 amide bonds. The molecule has 0 spiro atoms. The molecule has 1 fully saturated rings. The number of halogens is 3. The van der Waals surface area contributed by atoms with Crippen LogP contribution in [0.15, 0.2) is 46.9 Å². The molecule has 3 rings (SSSR count). The number of hydrogen-bond acceptors (Lipinski definition) is 1. The minimum Gasteiger partial charge on any atom is -0.379 e. The lowest BCUT2D eigenvalue weighted by atomic mass is 9.76. The van der Waals surface area contributed by atoms with Gasteiger partial charge in [0.15, 0.2) is 0 Å². The highest BCUT2D eigenvalue weighted by atomic mass is 79.9. The van der Waals surface area contributed by atoms with Gasteiger partial charge in [0.2, 0.25) is 0 Å². The van der Waals surface area contributed by atoms with Crippen molar-refractivity contribution in [3.05, 3.63) is 63.3 Å². The van der Waals surface area contributed by atoms with Crippen LogP contribution in [0, 0.1) is 5.82 Å². The maximum atomic E-state index is 13.7. The molecular weight excluding hydrogens is 341 g/mol. The van der Waals surface area contributed by atoms with Gasteiger partial charge in [-0.3, -0.25) is 0 Å². The lowest BCUT2D eigenvalue weighted by Gasteiger charge is -2.37. The summed E-state index contributed by atoms with van der Waals surface area (Å²) in [6.07, 6.45) is 2.03. The number of para-hydroxylation sites is 1. The second kappa shape index (κ2) is 5.74. The molecule has 0 unspecified atom stereocenters. The SMILES string of the molecule is Fc1cccc(Br)c1NC1CC(c2ccc(Cl)cc2)C1. The third-order valence-corrected chi connectivity index (χ3v) is 4.70. The normalized spacial score (nSPS) is 21.4. The molecule has 1 N–H and O–H groups in total. The zero-order valence-electron chi connectivity index (χ0n) is 10.7. The van der Waals surface area contributed by atoms with Gasteiger partial charge >= 0.3 is 0 Å². The van der Waals surface area contributed by atoms with E-state index in [-0.39, 0.29) is 5.82 Å². The first-order valence-electron chi connectivity index (χ1n) is 6.59. The van der Waals surface area contributed by atoms with Gasteiger partial charge in [0.05, 0.1) is 5.69 Å². The van der Waals surface area contributed by atoms with Gasteiger partial charge in [-0.2, -0.15) is 0 Å². The van der Waals surface area contributed by atoms with E-state index >= 15 is 0 Å². The second-order valence-corrected chi connectivity index (χ2v) is 6.45. The topological polar surface area (TPSA) is 12.0 Å². The minimum atomic E-state index is -0.214. The summed E-state index contributed by atoms with van der Waals surface area (Å²) >= 11 is 9.27. The van der Waals surface area contributed by atoms with Gasteiger partial charge in [0.1, 0.15) is 5.82 Å². The van der Waals surface area contributed by atoms with E-state index in [4.69, 9.17) is 11.6 Å². The monoisotopic (exact) mass is 353 g/mol. The first kappa shape index (κ1) is 13.9. The average molecular weight is 355 g/mol. The highest BCUT2D eigenvalue weighted by Gasteiger charge is 2.30. The van der Waals surface area contributed by atoms with E-state index in [1.54, 1.807) is 6.07 Å². The molecule has 2 aromatic rings. The molecule has 20 heavy (non-hydrogen) atoms.